The monoisotopic (exact) mass is 378 g/mol. The number of benzene rings is 1. The third-order valence-electron chi connectivity index (χ3n) is 4.64. The van der Waals surface area contributed by atoms with E-state index >= 15 is 0 Å². The van der Waals surface area contributed by atoms with Gasteiger partial charge in [-0.1, -0.05) is 0 Å². The summed E-state index contributed by atoms with van der Waals surface area (Å²) in [5.74, 6) is -1.05. The van der Waals surface area contributed by atoms with Crippen molar-refractivity contribution in [2.75, 3.05) is 31.6 Å². The van der Waals surface area contributed by atoms with Crippen molar-refractivity contribution in [2.45, 2.75) is 19.4 Å². The fraction of sp³-hybridized carbons (Fsp3) is 0.389. The highest BCUT2D eigenvalue weighted by Gasteiger charge is 2.28. The topological polar surface area (TPSA) is 59.9 Å². The summed E-state index contributed by atoms with van der Waals surface area (Å²) in [6.07, 6.45) is 0.661. The van der Waals surface area contributed by atoms with Crippen LogP contribution in [0.4, 0.5) is 25.2 Å². The van der Waals surface area contributed by atoms with Crippen molar-refractivity contribution < 1.29 is 13.9 Å². The van der Waals surface area contributed by atoms with E-state index in [0.717, 1.165) is 46.5 Å². The number of piperazine rings is 1. The maximum Gasteiger partial charge on any atom is 0.161 e. The lowest BCUT2D eigenvalue weighted by Crippen LogP contribution is -2.53. The highest BCUT2D eigenvalue weighted by Crippen LogP contribution is 2.40. The lowest BCUT2D eigenvalue weighted by molar-refractivity contribution is 0.223. The van der Waals surface area contributed by atoms with Gasteiger partial charge in [0.05, 0.1) is 16.9 Å². The summed E-state index contributed by atoms with van der Waals surface area (Å²) in [4.78, 5) is 7.97. The number of aliphatic hydroxyl groups excluding tert-OH is 1. The highest BCUT2D eigenvalue weighted by molar-refractivity contribution is 7.16. The Bertz CT molecular complexity index is 865. The molecule has 1 saturated heterocycles. The summed E-state index contributed by atoms with van der Waals surface area (Å²) in [5.41, 5.74) is 1.79. The molecule has 8 heteroatoms. The smallest absolute Gasteiger partial charge is 0.161 e. The van der Waals surface area contributed by atoms with Gasteiger partial charge in [0.25, 0.3) is 0 Å². The van der Waals surface area contributed by atoms with Gasteiger partial charge in [-0.3, -0.25) is 0 Å². The Hall–Kier alpha value is -2.03. The van der Waals surface area contributed by atoms with E-state index < -0.39 is 11.6 Å². The van der Waals surface area contributed by atoms with E-state index in [1.165, 1.54) is 0 Å². The Morgan fingerprint density at radius 3 is 2.92 bits per heavy atom. The molecule has 1 aromatic carbocycles. The van der Waals surface area contributed by atoms with Crippen molar-refractivity contribution in [2.24, 2.45) is 4.99 Å². The number of nitrogens with zero attached hydrogens (tertiary/aromatic N) is 2. The van der Waals surface area contributed by atoms with Crippen molar-refractivity contribution in [3.05, 3.63) is 40.3 Å². The Labute approximate surface area is 154 Å². The second-order valence-electron chi connectivity index (χ2n) is 6.55. The van der Waals surface area contributed by atoms with Crippen molar-refractivity contribution in [1.82, 2.24) is 10.2 Å². The summed E-state index contributed by atoms with van der Waals surface area (Å²) in [7, 11) is 0. The number of thiophene rings is 1. The second kappa shape index (κ2) is 6.94. The number of anilines is 2. The van der Waals surface area contributed by atoms with Crippen molar-refractivity contribution in [1.29, 1.82) is 0 Å². The third-order valence-corrected chi connectivity index (χ3v) is 5.61. The number of aliphatic hydroxyl groups is 1. The van der Waals surface area contributed by atoms with Gasteiger partial charge in [0.2, 0.25) is 0 Å². The average molecular weight is 378 g/mol. The van der Waals surface area contributed by atoms with Crippen LogP contribution in [-0.4, -0.2) is 48.1 Å². The molecule has 0 spiro atoms. The van der Waals surface area contributed by atoms with Crippen LogP contribution in [0.15, 0.2) is 23.2 Å². The quantitative estimate of drug-likeness (QED) is 0.752. The zero-order chi connectivity index (χ0) is 18.3. The van der Waals surface area contributed by atoms with Crippen molar-refractivity contribution in [3.8, 4) is 0 Å². The van der Waals surface area contributed by atoms with Crippen LogP contribution in [0.5, 0.6) is 0 Å². The van der Waals surface area contributed by atoms with Crippen LogP contribution in [0.25, 0.3) is 0 Å². The van der Waals surface area contributed by atoms with E-state index in [0.29, 0.717) is 24.3 Å². The largest absolute Gasteiger partial charge is 0.396 e. The fourth-order valence-electron chi connectivity index (χ4n) is 3.41. The molecule has 0 amide bonds. The summed E-state index contributed by atoms with van der Waals surface area (Å²) < 4.78 is 27.5. The van der Waals surface area contributed by atoms with Crippen LogP contribution in [0, 0.1) is 18.6 Å². The number of hydrogen-bond donors (Lipinski definition) is 3. The molecular weight excluding hydrogens is 358 g/mol. The molecule has 0 radical (unpaired) electrons. The van der Waals surface area contributed by atoms with E-state index in [9.17, 15) is 13.9 Å². The number of aryl methyl sites for hydroxylation is 1. The maximum atomic E-state index is 13.8. The molecule has 2 aromatic rings. The summed E-state index contributed by atoms with van der Waals surface area (Å²) >= 11 is 1.57. The first-order chi connectivity index (χ1) is 12.5. The Morgan fingerprint density at radius 1 is 1.31 bits per heavy atom. The molecule has 1 atom stereocenters. The van der Waals surface area contributed by atoms with Gasteiger partial charge >= 0.3 is 0 Å². The van der Waals surface area contributed by atoms with Crippen LogP contribution in [-0.2, 0) is 0 Å². The molecule has 138 valence electrons. The van der Waals surface area contributed by atoms with Crippen LogP contribution < -0.4 is 10.6 Å². The standard InChI is InChI=1S/C18H20F2N4OS/c1-10-6-12-17(24-4-3-21-11(9-24)2-5-25)22-15-7-13(19)14(20)8-16(15)23-18(12)26-10/h6-8,11,21,23,25H,2-5,9H2,1H3/t11-/m0/s1. The van der Waals surface area contributed by atoms with Crippen LogP contribution in [0.3, 0.4) is 0 Å². The zero-order valence-electron chi connectivity index (χ0n) is 14.4. The van der Waals surface area contributed by atoms with E-state index in [2.05, 4.69) is 15.5 Å². The number of fused-ring (bicyclic) bond motifs is 2. The van der Waals surface area contributed by atoms with E-state index in [4.69, 9.17) is 4.99 Å². The van der Waals surface area contributed by atoms with Crippen molar-refractivity contribution in [3.63, 3.8) is 0 Å². The minimum atomic E-state index is -0.909. The third kappa shape index (κ3) is 3.20. The second-order valence-corrected chi connectivity index (χ2v) is 7.81. The predicted molar refractivity (Wildman–Crippen MR) is 100.0 cm³/mol. The summed E-state index contributed by atoms with van der Waals surface area (Å²) in [5, 5.41) is 16.7. The van der Waals surface area contributed by atoms with Crippen LogP contribution in [0.2, 0.25) is 0 Å². The van der Waals surface area contributed by atoms with E-state index in [1.807, 2.05) is 13.0 Å². The number of rotatable bonds is 2. The summed E-state index contributed by atoms with van der Waals surface area (Å²) in [6.45, 7) is 4.37. The van der Waals surface area contributed by atoms with Gasteiger partial charge in [-0.2, -0.15) is 0 Å². The lowest BCUT2D eigenvalue weighted by Gasteiger charge is -2.35. The Balaban J connectivity index is 1.79. The van der Waals surface area contributed by atoms with Gasteiger partial charge in [-0.05, 0) is 19.4 Å². The predicted octanol–water partition coefficient (Wildman–Crippen LogP) is 3.13. The number of halogens is 2. The number of amidine groups is 1. The molecule has 0 bridgehead atoms. The number of nitrogens with one attached hydrogen (secondary N) is 2. The lowest BCUT2D eigenvalue weighted by atomic mass is 10.1. The molecule has 0 saturated carbocycles. The molecule has 0 unspecified atom stereocenters. The summed E-state index contributed by atoms with van der Waals surface area (Å²) in [6, 6.07) is 4.50. The van der Waals surface area contributed by atoms with Gasteiger partial charge in [0, 0.05) is 49.3 Å². The molecule has 0 aliphatic carbocycles. The normalized spacial score (nSPS) is 19.3. The molecule has 2 aliphatic rings. The molecule has 5 nitrogen and oxygen atoms in total. The Kier molecular flexibility index (Phi) is 4.64. The fourth-order valence-corrected chi connectivity index (χ4v) is 4.33. The van der Waals surface area contributed by atoms with Gasteiger partial charge in [-0.15, -0.1) is 11.3 Å². The highest BCUT2D eigenvalue weighted by atomic mass is 32.1. The molecule has 26 heavy (non-hydrogen) atoms. The maximum absolute atomic E-state index is 13.8. The van der Waals surface area contributed by atoms with Crippen LogP contribution >= 0.6 is 11.3 Å². The minimum Gasteiger partial charge on any atom is -0.396 e. The molecular formula is C18H20F2N4OS. The Morgan fingerprint density at radius 2 is 2.12 bits per heavy atom. The van der Waals surface area contributed by atoms with Gasteiger partial charge in [-0.25, -0.2) is 13.8 Å². The first kappa shape index (κ1) is 17.4. The number of hydrogen-bond acceptors (Lipinski definition) is 6. The molecule has 3 heterocycles. The molecule has 2 aliphatic heterocycles. The van der Waals surface area contributed by atoms with Gasteiger partial charge in [0.15, 0.2) is 11.6 Å². The molecule has 1 aromatic heterocycles. The molecule has 1 fully saturated rings. The van der Waals surface area contributed by atoms with E-state index in [-0.39, 0.29) is 12.6 Å². The van der Waals surface area contributed by atoms with Gasteiger partial charge < -0.3 is 20.6 Å². The number of aliphatic imine (C=N–C) groups is 1. The van der Waals surface area contributed by atoms with Crippen molar-refractivity contribution >= 4 is 33.5 Å². The zero-order valence-corrected chi connectivity index (χ0v) is 15.2. The minimum absolute atomic E-state index is 0.121. The first-order valence-electron chi connectivity index (χ1n) is 8.60. The first-order valence-corrected chi connectivity index (χ1v) is 9.41. The SMILES string of the molecule is Cc1cc2c(s1)Nc1cc(F)c(F)cc1N=C2N1CCN[C@@H](CCO)C1. The van der Waals surface area contributed by atoms with E-state index in [1.54, 1.807) is 11.3 Å². The average Bonchev–Trinajstić information content (AvgIpc) is 2.90. The molecule has 3 N–H and O–H groups in total. The van der Waals surface area contributed by atoms with Gasteiger partial charge in [0.1, 0.15) is 10.8 Å². The molecule has 4 rings (SSSR count). The van der Waals surface area contributed by atoms with Crippen LogP contribution in [0.1, 0.15) is 16.9 Å².